The standard InChI is InChI=1S/C22H20ClNO3/c1-27-19-13-6-15(7-14-19)5-8-16-3-2-4-20(21(16)25)22(26)24-18-11-9-17(23)10-12-18/h2-4,6-7,9-14,25H,5,8H2,1H3,(H,24,26). The Morgan fingerprint density at radius 3 is 2.37 bits per heavy atom. The fraction of sp³-hybridized carbons (Fsp3) is 0.136. The first-order valence-electron chi connectivity index (χ1n) is 8.57. The quantitative estimate of drug-likeness (QED) is 0.625. The Bertz CT molecular complexity index is 921. The summed E-state index contributed by atoms with van der Waals surface area (Å²) in [4.78, 5) is 12.5. The predicted molar refractivity (Wildman–Crippen MR) is 108 cm³/mol. The molecule has 0 aliphatic heterocycles. The number of methoxy groups -OCH3 is 1. The van der Waals surface area contributed by atoms with E-state index in [2.05, 4.69) is 5.32 Å². The molecule has 0 fully saturated rings. The van der Waals surface area contributed by atoms with Gasteiger partial charge in [0.05, 0.1) is 12.7 Å². The number of phenols is 1. The molecule has 1 amide bonds. The highest BCUT2D eigenvalue weighted by molar-refractivity contribution is 6.30. The fourth-order valence-electron chi connectivity index (χ4n) is 2.78. The highest BCUT2D eigenvalue weighted by Gasteiger charge is 2.14. The molecule has 0 bridgehead atoms. The molecule has 0 unspecified atom stereocenters. The van der Waals surface area contributed by atoms with Crippen LogP contribution in [0.3, 0.4) is 0 Å². The monoisotopic (exact) mass is 381 g/mol. The number of amides is 1. The lowest BCUT2D eigenvalue weighted by atomic mass is 10.0. The predicted octanol–water partition coefficient (Wildman–Crippen LogP) is 5.09. The third-order valence-corrected chi connectivity index (χ3v) is 4.56. The van der Waals surface area contributed by atoms with Gasteiger partial charge in [0.25, 0.3) is 5.91 Å². The summed E-state index contributed by atoms with van der Waals surface area (Å²) in [6.45, 7) is 0. The first-order valence-corrected chi connectivity index (χ1v) is 8.95. The number of ether oxygens (including phenoxy) is 1. The Labute approximate surface area is 163 Å². The van der Waals surface area contributed by atoms with Crippen molar-refractivity contribution < 1.29 is 14.6 Å². The average molecular weight is 382 g/mol. The van der Waals surface area contributed by atoms with Crippen LogP contribution in [0.1, 0.15) is 21.5 Å². The molecule has 0 spiro atoms. The molecule has 27 heavy (non-hydrogen) atoms. The van der Waals surface area contributed by atoms with Crippen LogP contribution in [-0.2, 0) is 12.8 Å². The second-order valence-corrected chi connectivity index (χ2v) is 6.56. The molecular weight excluding hydrogens is 362 g/mol. The smallest absolute Gasteiger partial charge is 0.259 e. The van der Waals surface area contributed by atoms with Crippen molar-refractivity contribution in [2.45, 2.75) is 12.8 Å². The third kappa shape index (κ3) is 4.80. The van der Waals surface area contributed by atoms with Crippen molar-refractivity contribution in [3.8, 4) is 11.5 Å². The van der Waals surface area contributed by atoms with E-state index in [1.54, 1.807) is 43.5 Å². The van der Waals surface area contributed by atoms with E-state index in [4.69, 9.17) is 16.3 Å². The number of aromatic hydroxyl groups is 1. The Kier molecular flexibility index (Phi) is 5.99. The van der Waals surface area contributed by atoms with E-state index >= 15 is 0 Å². The number of carbonyl (C=O) groups is 1. The number of benzene rings is 3. The van der Waals surface area contributed by atoms with Gasteiger partial charge in [-0.1, -0.05) is 35.9 Å². The zero-order chi connectivity index (χ0) is 19.2. The van der Waals surface area contributed by atoms with Crippen molar-refractivity contribution in [1.29, 1.82) is 0 Å². The molecule has 138 valence electrons. The topological polar surface area (TPSA) is 58.6 Å². The normalized spacial score (nSPS) is 10.4. The van der Waals surface area contributed by atoms with Gasteiger partial charge in [-0.15, -0.1) is 0 Å². The number of halogens is 1. The zero-order valence-corrected chi connectivity index (χ0v) is 15.7. The molecule has 0 aliphatic carbocycles. The summed E-state index contributed by atoms with van der Waals surface area (Å²) in [6, 6.07) is 19.8. The maximum atomic E-state index is 12.5. The summed E-state index contributed by atoms with van der Waals surface area (Å²) in [7, 11) is 1.63. The lowest BCUT2D eigenvalue weighted by Gasteiger charge is -2.11. The van der Waals surface area contributed by atoms with Crippen molar-refractivity contribution >= 4 is 23.2 Å². The molecule has 4 nitrogen and oxygen atoms in total. The highest BCUT2D eigenvalue weighted by atomic mass is 35.5. The second-order valence-electron chi connectivity index (χ2n) is 6.12. The van der Waals surface area contributed by atoms with Crippen LogP contribution < -0.4 is 10.1 Å². The first kappa shape index (κ1) is 18.8. The Morgan fingerprint density at radius 2 is 1.70 bits per heavy atom. The van der Waals surface area contributed by atoms with Crippen LogP contribution in [0.5, 0.6) is 11.5 Å². The van der Waals surface area contributed by atoms with Crippen molar-refractivity contribution in [3.05, 3.63) is 88.4 Å². The van der Waals surface area contributed by atoms with Crippen LogP contribution >= 0.6 is 11.6 Å². The van der Waals surface area contributed by atoms with Crippen molar-refractivity contribution in [3.63, 3.8) is 0 Å². The number of hydrogen-bond acceptors (Lipinski definition) is 3. The van der Waals surface area contributed by atoms with Crippen LogP contribution in [0.2, 0.25) is 5.02 Å². The number of phenolic OH excluding ortho intramolecular Hbond substituents is 1. The highest BCUT2D eigenvalue weighted by Crippen LogP contribution is 2.25. The van der Waals surface area contributed by atoms with Gasteiger partial charge in [0.1, 0.15) is 11.5 Å². The van der Waals surface area contributed by atoms with E-state index in [0.717, 1.165) is 23.3 Å². The zero-order valence-electron chi connectivity index (χ0n) is 14.9. The molecule has 0 saturated heterocycles. The average Bonchev–Trinajstić information content (AvgIpc) is 2.69. The molecule has 0 atom stereocenters. The Morgan fingerprint density at radius 1 is 1.00 bits per heavy atom. The van der Waals surface area contributed by atoms with Crippen LogP contribution in [0.4, 0.5) is 5.69 Å². The van der Waals surface area contributed by atoms with Crippen LogP contribution in [0, 0.1) is 0 Å². The first-order chi connectivity index (χ1) is 13.1. The Hall–Kier alpha value is -2.98. The number of nitrogens with one attached hydrogen (secondary N) is 1. The van der Waals surface area contributed by atoms with Gasteiger partial charge in [0.2, 0.25) is 0 Å². The van der Waals surface area contributed by atoms with Gasteiger partial charge in [-0.3, -0.25) is 4.79 Å². The summed E-state index contributed by atoms with van der Waals surface area (Å²) >= 11 is 5.85. The maximum Gasteiger partial charge on any atom is 0.259 e. The molecule has 3 aromatic rings. The van der Waals surface area contributed by atoms with Gasteiger partial charge in [-0.25, -0.2) is 0 Å². The fourth-order valence-corrected chi connectivity index (χ4v) is 2.91. The van der Waals surface area contributed by atoms with E-state index in [1.165, 1.54) is 0 Å². The van der Waals surface area contributed by atoms with Gasteiger partial charge in [-0.2, -0.15) is 0 Å². The number of hydrogen-bond donors (Lipinski definition) is 2. The summed E-state index contributed by atoms with van der Waals surface area (Å²) in [5.41, 5.74) is 2.73. The lowest BCUT2D eigenvalue weighted by molar-refractivity contribution is 0.102. The van der Waals surface area contributed by atoms with E-state index in [0.29, 0.717) is 17.1 Å². The minimum atomic E-state index is -0.360. The number of aryl methyl sites for hydroxylation is 2. The van der Waals surface area contributed by atoms with Crippen LogP contribution in [0.25, 0.3) is 0 Å². The second kappa shape index (κ2) is 8.60. The molecule has 0 aromatic heterocycles. The largest absolute Gasteiger partial charge is 0.507 e. The summed E-state index contributed by atoms with van der Waals surface area (Å²) in [5.74, 6) is 0.459. The van der Waals surface area contributed by atoms with Gasteiger partial charge in [-0.05, 0) is 66.4 Å². The molecule has 0 aliphatic rings. The Balaban J connectivity index is 1.70. The van der Waals surface area contributed by atoms with Gasteiger partial charge < -0.3 is 15.2 Å². The summed E-state index contributed by atoms with van der Waals surface area (Å²) < 4.78 is 5.16. The molecule has 2 N–H and O–H groups in total. The SMILES string of the molecule is COc1ccc(CCc2cccc(C(=O)Nc3ccc(Cl)cc3)c2O)cc1. The molecule has 0 saturated carbocycles. The van der Waals surface area contributed by atoms with E-state index in [-0.39, 0.29) is 17.2 Å². The van der Waals surface area contributed by atoms with Crippen molar-refractivity contribution in [2.24, 2.45) is 0 Å². The number of carbonyl (C=O) groups excluding carboxylic acids is 1. The molecule has 3 aromatic carbocycles. The van der Waals surface area contributed by atoms with Crippen LogP contribution in [-0.4, -0.2) is 18.1 Å². The van der Waals surface area contributed by atoms with Gasteiger partial charge >= 0.3 is 0 Å². The van der Waals surface area contributed by atoms with Crippen molar-refractivity contribution in [2.75, 3.05) is 12.4 Å². The minimum absolute atomic E-state index is 0.0116. The maximum absolute atomic E-state index is 12.5. The van der Waals surface area contributed by atoms with E-state index in [1.807, 2.05) is 30.3 Å². The third-order valence-electron chi connectivity index (χ3n) is 4.31. The van der Waals surface area contributed by atoms with Gasteiger partial charge in [0, 0.05) is 10.7 Å². The number of anilines is 1. The van der Waals surface area contributed by atoms with Crippen molar-refractivity contribution in [1.82, 2.24) is 0 Å². The minimum Gasteiger partial charge on any atom is -0.507 e. The molecule has 0 radical (unpaired) electrons. The molecule has 3 rings (SSSR count). The number of para-hydroxylation sites is 1. The lowest BCUT2D eigenvalue weighted by Crippen LogP contribution is -2.12. The molecular formula is C22H20ClNO3. The summed E-state index contributed by atoms with van der Waals surface area (Å²) in [5, 5.41) is 13.9. The van der Waals surface area contributed by atoms with E-state index < -0.39 is 0 Å². The van der Waals surface area contributed by atoms with Gasteiger partial charge in [0.15, 0.2) is 0 Å². The summed E-state index contributed by atoms with van der Waals surface area (Å²) in [6.07, 6.45) is 1.38. The molecule has 5 heteroatoms. The van der Waals surface area contributed by atoms with Crippen LogP contribution in [0.15, 0.2) is 66.7 Å². The number of rotatable bonds is 6. The van der Waals surface area contributed by atoms with E-state index in [9.17, 15) is 9.90 Å². The molecule has 0 heterocycles.